The molecule has 0 aliphatic heterocycles. The number of nitrogens with zero attached hydrogens (tertiary/aromatic N) is 4. The molecule has 0 aliphatic carbocycles. The van der Waals surface area contributed by atoms with Gasteiger partial charge in [-0.05, 0) is 56.7 Å². The molecule has 0 bridgehead atoms. The van der Waals surface area contributed by atoms with E-state index < -0.39 is 0 Å². The average molecular weight is 462 g/mol. The zero-order chi connectivity index (χ0) is 23.9. The van der Waals surface area contributed by atoms with E-state index in [9.17, 15) is 4.79 Å². The van der Waals surface area contributed by atoms with Crippen LogP contribution in [0.1, 0.15) is 66.4 Å². The fraction of sp³-hybridized carbons (Fsp3) is 0.640. The number of likely N-dealkylation sites (N-methyl/N-ethyl adjacent to an activating group) is 1. The van der Waals surface area contributed by atoms with E-state index in [1.807, 2.05) is 0 Å². The predicted molar refractivity (Wildman–Crippen MR) is 138 cm³/mol. The maximum absolute atomic E-state index is 12.6. The highest BCUT2D eigenvalue weighted by Crippen LogP contribution is 2.32. The molecule has 1 aromatic heterocycles. The summed E-state index contributed by atoms with van der Waals surface area (Å²) in [5, 5.41) is 3.12. The lowest BCUT2D eigenvalue weighted by Gasteiger charge is -2.29. The molecule has 1 amide bonds. The van der Waals surface area contributed by atoms with Gasteiger partial charge in [0.2, 0.25) is 5.91 Å². The van der Waals surface area contributed by atoms with Gasteiger partial charge in [-0.1, -0.05) is 46.0 Å². The van der Waals surface area contributed by atoms with Crippen LogP contribution in [0.5, 0.6) is 0 Å². The lowest BCUT2D eigenvalue weighted by atomic mass is 10.1. The molecule has 1 heterocycles. The molecule has 0 aliphatic rings. The minimum Gasteiger partial charge on any atom is -0.354 e. The van der Waals surface area contributed by atoms with Crippen LogP contribution in [-0.2, 0) is 4.79 Å². The first-order valence-electron chi connectivity index (χ1n) is 11.9. The van der Waals surface area contributed by atoms with Crippen LogP contribution in [0.25, 0.3) is 4.91 Å². The Hall–Kier alpha value is -1.70. The maximum Gasteiger partial charge on any atom is 0.234 e. The van der Waals surface area contributed by atoms with E-state index in [1.54, 1.807) is 24.2 Å². The summed E-state index contributed by atoms with van der Waals surface area (Å²) in [6, 6.07) is 0.596. The van der Waals surface area contributed by atoms with Crippen molar-refractivity contribution >= 4 is 22.6 Å². The second kappa shape index (κ2) is 16.0. The minimum absolute atomic E-state index is 0.100. The molecule has 0 saturated carbocycles. The van der Waals surface area contributed by atoms with Crippen LogP contribution >= 0.6 is 11.8 Å². The van der Waals surface area contributed by atoms with Gasteiger partial charge < -0.3 is 5.32 Å². The summed E-state index contributed by atoms with van der Waals surface area (Å²) >= 11 is 1.64. The molecule has 6 nitrogen and oxygen atoms in total. The van der Waals surface area contributed by atoms with Gasteiger partial charge in [0, 0.05) is 48.5 Å². The first-order valence-corrected chi connectivity index (χ1v) is 12.7. The number of rotatable bonds is 16. The Bertz CT molecular complexity index is 718. The monoisotopic (exact) mass is 461 g/mol. The molecule has 0 aromatic carbocycles. The summed E-state index contributed by atoms with van der Waals surface area (Å²) in [6.07, 6.45) is 8.39. The average Bonchev–Trinajstić information content (AvgIpc) is 2.79. The van der Waals surface area contributed by atoms with Crippen molar-refractivity contribution in [2.45, 2.75) is 66.8 Å². The van der Waals surface area contributed by atoms with E-state index in [-0.39, 0.29) is 5.91 Å². The van der Waals surface area contributed by atoms with Gasteiger partial charge in [-0.25, -0.2) is 9.97 Å². The van der Waals surface area contributed by atoms with Crippen molar-refractivity contribution in [3.05, 3.63) is 41.3 Å². The zero-order valence-electron chi connectivity index (χ0n) is 21.0. The molecule has 0 fully saturated rings. The number of amides is 1. The lowest BCUT2D eigenvalue weighted by molar-refractivity contribution is -0.122. The molecule has 0 atom stereocenters. The smallest absolute Gasteiger partial charge is 0.234 e. The Balaban J connectivity index is 2.59. The molecule has 32 heavy (non-hydrogen) atoms. The highest BCUT2D eigenvalue weighted by molar-refractivity contribution is 8.11. The van der Waals surface area contributed by atoms with Crippen molar-refractivity contribution in [1.82, 2.24) is 25.1 Å². The highest BCUT2D eigenvalue weighted by atomic mass is 32.2. The number of aromatic nitrogens is 2. The van der Waals surface area contributed by atoms with Gasteiger partial charge in [-0.15, -0.1) is 0 Å². The largest absolute Gasteiger partial charge is 0.354 e. The van der Waals surface area contributed by atoms with Crippen LogP contribution in [0.4, 0.5) is 0 Å². The second-order valence-electron chi connectivity index (χ2n) is 8.15. The normalized spacial score (nSPS) is 12.4. The predicted octanol–water partition coefficient (Wildman–Crippen LogP) is 4.81. The van der Waals surface area contributed by atoms with Crippen molar-refractivity contribution in [3.63, 3.8) is 0 Å². The summed E-state index contributed by atoms with van der Waals surface area (Å²) in [5.74, 6) is 0.100. The third kappa shape index (κ3) is 10.3. The van der Waals surface area contributed by atoms with Crippen molar-refractivity contribution in [2.24, 2.45) is 0 Å². The van der Waals surface area contributed by atoms with Gasteiger partial charge in [-0.2, -0.15) is 0 Å². The van der Waals surface area contributed by atoms with E-state index in [4.69, 9.17) is 0 Å². The Kier molecular flexibility index (Phi) is 14.2. The number of hydrogen-bond acceptors (Lipinski definition) is 6. The summed E-state index contributed by atoms with van der Waals surface area (Å²) in [5.41, 5.74) is 2.18. The molecule has 0 spiro atoms. The molecule has 1 aromatic rings. The summed E-state index contributed by atoms with van der Waals surface area (Å²) in [6.45, 7) is 21.9. The minimum atomic E-state index is 0.100. The van der Waals surface area contributed by atoms with Crippen molar-refractivity contribution in [1.29, 1.82) is 0 Å². The van der Waals surface area contributed by atoms with Crippen LogP contribution in [0.15, 0.2) is 35.8 Å². The van der Waals surface area contributed by atoms with Gasteiger partial charge in [0.1, 0.15) is 6.33 Å². The molecular weight excluding hydrogens is 418 g/mol. The molecule has 0 unspecified atom stereocenters. The van der Waals surface area contributed by atoms with E-state index in [1.165, 1.54) is 16.8 Å². The maximum atomic E-state index is 12.6. The third-order valence-electron chi connectivity index (χ3n) is 5.71. The molecule has 7 heteroatoms. The van der Waals surface area contributed by atoms with Crippen LogP contribution in [0, 0.1) is 0 Å². The molecular formula is C25H43N5OS. The van der Waals surface area contributed by atoms with Gasteiger partial charge in [0.05, 0.1) is 6.54 Å². The first kappa shape index (κ1) is 28.3. The van der Waals surface area contributed by atoms with Gasteiger partial charge >= 0.3 is 0 Å². The number of hydrogen-bond donors (Lipinski definition) is 1. The Morgan fingerprint density at radius 1 is 1.09 bits per heavy atom. The zero-order valence-corrected chi connectivity index (χ0v) is 21.8. The molecule has 0 saturated heterocycles. The first-order chi connectivity index (χ1) is 15.4. The van der Waals surface area contributed by atoms with E-state index in [0.717, 1.165) is 55.9 Å². The van der Waals surface area contributed by atoms with Crippen LogP contribution in [0.3, 0.4) is 0 Å². The second-order valence-corrected chi connectivity index (χ2v) is 9.46. The van der Waals surface area contributed by atoms with Crippen LogP contribution < -0.4 is 5.32 Å². The molecule has 0 radical (unpaired) electrons. The number of thioether (sulfide) groups is 1. The highest BCUT2D eigenvalue weighted by Gasteiger charge is 2.15. The fourth-order valence-corrected chi connectivity index (χ4v) is 4.58. The standard InChI is InChI=1S/C25H43N5OS/c1-8-13-29(18-25(31)28-12-14-30(11-4)24(9-2)10-3)17-20(5)21(6)32-22(7)23-15-26-19-27-16-23/h15-16,19,24H,7-14,17-18H2,1-6H3,(H,28,31)/b21-20+. The fourth-order valence-electron chi connectivity index (χ4n) is 3.75. The summed E-state index contributed by atoms with van der Waals surface area (Å²) in [4.78, 5) is 27.5. The Morgan fingerprint density at radius 3 is 2.31 bits per heavy atom. The van der Waals surface area contributed by atoms with Gasteiger partial charge in [0.15, 0.2) is 0 Å². The third-order valence-corrected chi connectivity index (χ3v) is 6.85. The van der Waals surface area contributed by atoms with E-state index in [2.05, 4.69) is 73.2 Å². The Morgan fingerprint density at radius 2 is 1.75 bits per heavy atom. The quantitative estimate of drug-likeness (QED) is 0.381. The van der Waals surface area contributed by atoms with E-state index >= 15 is 0 Å². The van der Waals surface area contributed by atoms with Gasteiger partial charge in [-0.3, -0.25) is 14.6 Å². The lowest BCUT2D eigenvalue weighted by Crippen LogP contribution is -2.43. The van der Waals surface area contributed by atoms with Gasteiger partial charge in [0.25, 0.3) is 0 Å². The van der Waals surface area contributed by atoms with Crippen molar-refractivity contribution in [2.75, 3.05) is 39.3 Å². The Labute approximate surface area is 200 Å². The summed E-state index contributed by atoms with van der Waals surface area (Å²) < 4.78 is 0. The summed E-state index contributed by atoms with van der Waals surface area (Å²) in [7, 11) is 0. The molecule has 1 rings (SSSR count). The van der Waals surface area contributed by atoms with Crippen molar-refractivity contribution < 1.29 is 4.79 Å². The molecule has 180 valence electrons. The number of nitrogens with one attached hydrogen (secondary N) is 1. The van der Waals surface area contributed by atoms with Crippen LogP contribution in [-0.4, -0.2) is 71.0 Å². The number of carbonyl (C=O) groups is 1. The SMILES string of the molecule is C=C(S/C(C)=C(\C)CN(CCC)CC(=O)NCCN(CC)C(CC)CC)c1cncnc1. The van der Waals surface area contributed by atoms with Crippen LogP contribution in [0.2, 0.25) is 0 Å². The topological polar surface area (TPSA) is 61.4 Å². The number of allylic oxidation sites excluding steroid dienone is 1. The van der Waals surface area contributed by atoms with E-state index in [0.29, 0.717) is 19.1 Å². The molecule has 1 N–H and O–H groups in total. The number of carbonyl (C=O) groups excluding carboxylic acids is 1. The van der Waals surface area contributed by atoms with Crippen molar-refractivity contribution in [3.8, 4) is 0 Å².